The predicted molar refractivity (Wildman–Crippen MR) is 94.3 cm³/mol. The lowest BCUT2D eigenvalue weighted by atomic mass is 10.1. The van der Waals surface area contributed by atoms with Crippen LogP contribution in [0, 0.1) is 0 Å². The van der Waals surface area contributed by atoms with Gasteiger partial charge in [-0.25, -0.2) is 4.98 Å². The number of anilines is 1. The maximum Gasteiger partial charge on any atom is 0.200 e. The number of ether oxygens (including phenoxy) is 1. The van der Waals surface area contributed by atoms with Crippen LogP contribution in [0.25, 0.3) is 21.5 Å². The first-order valence-electron chi connectivity index (χ1n) is 7.23. The van der Waals surface area contributed by atoms with Gasteiger partial charge >= 0.3 is 0 Å². The minimum absolute atomic E-state index is 0.0368. The van der Waals surface area contributed by atoms with Crippen molar-refractivity contribution in [3.05, 3.63) is 44.5 Å². The van der Waals surface area contributed by atoms with E-state index in [-0.39, 0.29) is 5.43 Å². The number of morpholine rings is 1. The van der Waals surface area contributed by atoms with Gasteiger partial charge in [0.1, 0.15) is 5.01 Å². The molecular formula is C16H13BrN2O3S. The Bertz CT molecular complexity index is 915. The van der Waals surface area contributed by atoms with Gasteiger partial charge in [-0.2, -0.15) is 0 Å². The van der Waals surface area contributed by atoms with Gasteiger partial charge in [0.25, 0.3) is 0 Å². The number of fused-ring (bicyclic) bond motifs is 1. The zero-order valence-corrected chi connectivity index (χ0v) is 14.5. The average molecular weight is 393 g/mol. The number of halogens is 1. The summed E-state index contributed by atoms with van der Waals surface area (Å²) in [6.07, 6.45) is 1.75. The highest BCUT2D eigenvalue weighted by Gasteiger charge is 2.18. The molecule has 7 heteroatoms. The van der Waals surface area contributed by atoms with E-state index in [1.165, 1.54) is 11.3 Å². The molecular weight excluding hydrogens is 380 g/mol. The third-order valence-corrected chi connectivity index (χ3v) is 5.28. The van der Waals surface area contributed by atoms with E-state index in [0.717, 1.165) is 27.4 Å². The monoisotopic (exact) mass is 392 g/mol. The molecule has 0 bridgehead atoms. The topological polar surface area (TPSA) is 55.6 Å². The summed E-state index contributed by atoms with van der Waals surface area (Å²) in [6, 6.07) is 7.14. The minimum Gasteiger partial charge on any atom is -0.440 e. The van der Waals surface area contributed by atoms with Crippen molar-refractivity contribution in [1.29, 1.82) is 0 Å². The summed E-state index contributed by atoms with van der Waals surface area (Å²) in [5, 5.41) is 1.40. The molecule has 0 spiro atoms. The Morgan fingerprint density at radius 2 is 2.09 bits per heavy atom. The summed E-state index contributed by atoms with van der Waals surface area (Å²) in [6.45, 7) is 2.73. The fourth-order valence-electron chi connectivity index (χ4n) is 2.65. The quantitative estimate of drug-likeness (QED) is 0.667. The summed E-state index contributed by atoms with van der Waals surface area (Å²) >= 11 is 4.94. The van der Waals surface area contributed by atoms with Gasteiger partial charge in [-0.15, -0.1) is 11.3 Å². The molecule has 0 amide bonds. The molecule has 0 unspecified atom stereocenters. The van der Waals surface area contributed by atoms with Crippen molar-refractivity contribution in [1.82, 2.24) is 4.98 Å². The Labute approximate surface area is 144 Å². The lowest BCUT2D eigenvalue weighted by Crippen LogP contribution is -2.36. The Morgan fingerprint density at radius 1 is 1.26 bits per heavy atom. The van der Waals surface area contributed by atoms with Gasteiger partial charge in [-0.05, 0) is 28.1 Å². The average Bonchev–Trinajstić information content (AvgIpc) is 3.01. The molecule has 3 aromatic rings. The van der Waals surface area contributed by atoms with E-state index in [2.05, 4.69) is 20.9 Å². The van der Waals surface area contributed by atoms with Gasteiger partial charge in [0.05, 0.1) is 34.1 Å². The smallest absolute Gasteiger partial charge is 0.200 e. The van der Waals surface area contributed by atoms with Crippen LogP contribution in [0.4, 0.5) is 5.88 Å². The number of hydrogen-bond acceptors (Lipinski definition) is 6. The Morgan fingerprint density at radius 3 is 2.83 bits per heavy atom. The highest BCUT2D eigenvalue weighted by Crippen LogP contribution is 2.34. The molecule has 4 rings (SSSR count). The fraction of sp³-hybridized carbons (Fsp3) is 0.250. The fourth-order valence-corrected chi connectivity index (χ4v) is 3.88. The molecule has 1 aliphatic heterocycles. The van der Waals surface area contributed by atoms with Gasteiger partial charge in [-0.1, -0.05) is 6.07 Å². The lowest BCUT2D eigenvalue weighted by Gasteiger charge is -2.27. The highest BCUT2D eigenvalue weighted by molar-refractivity contribution is 9.11. The number of para-hydroxylation sites is 1. The molecule has 23 heavy (non-hydrogen) atoms. The summed E-state index contributed by atoms with van der Waals surface area (Å²) in [5.41, 5.74) is 1.39. The molecule has 0 saturated carbocycles. The summed E-state index contributed by atoms with van der Waals surface area (Å²) < 4.78 is 12.4. The van der Waals surface area contributed by atoms with Crippen molar-refractivity contribution in [2.75, 3.05) is 31.2 Å². The van der Waals surface area contributed by atoms with Crippen molar-refractivity contribution in [2.45, 2.75) is 0 Å². The molecule has 3 heterocycles. The summed E-state index contributed by atoms with van der Waals surface area (Å²) in [7, 11) is 0. The van der Waals surface area contributed by atoms with Crippen LogP contribution in [-0.4, -0.2) is 31.3 Å². The standard InChI is InChI=1S/C16H13BrN2O3S/c17-13-9-18-16(23-13)11-3-1-2-10-12(20)8-14(22-15(10)11)19-4-6-21-7-5-19/h1-3,8-9H,4-7H2. The summed E-state index contributed by atoms with van der Waals surface area (Å²) in [5.74, 6) is 0.592. The Balaban J connectivity index is 1.90. The van der Waals surface area contributed by atoms with Crippen molar-refractivity contribution < 1.29 is 9.15 Å². The van der Waals surface area contributed by atoms with Crippen LogP contribution in [0.3, 0.4) is 0 Å². The van der Waals surface area contributed by atoms with E-state index in [1.54, 1.807) is 18.3 Å². The van der Waals surface area contributed by atoms with Crippen LogP contribution in [0.5, 0.6) is 0 Å². The van der Waals surface area contributed by atoms with Gasteiger partial charge in [0.15, 0.2) is 16.9 Å². The van der Waals surface area contributed by atoms with Gasteiger partial charge in [0.2, 0.25) is 0 Å². The van der Waals surface area contributed by atoms with E-state index < -0.39 is 0 Å². The van der Waals surface area contributed by atoms with Crippen molar-refractivity contribution in [3.63, 3.8) is 0 Å². The van der Waals surface area contributed by atoms with Crippen LogP contribution < -0.4 is 10.3 Å². The van der Waals surface area contributed by atoms with Crippen LogP contribution in [-0.2, 0) is 4.74 Å². The molecule has 0 aliphatic carbocycles. The first-order valence-corrected chi connectivity index (χ1v) is 8.84. The van der Waals surface area contributed by atoms with Gasteiger partial charge in [0, 0.05) is 19.2 Å². The molecule has 118 valence electrons. The number of rotatable bonds is 2. The molecule has 2 aromatic heterocycles. The van der Waals surface area contributed by atoms with E-state index in [1.807, 2.05) is 17.0 Å². The zero-order valence-electron chi connectivity index (χ0n) is 12.1. The maximum absolute atomic E-state index is 12.5. The van der Waals surface area contributed by atoms with E-state index in [0.29, 0.717) is 30.1 Å². The number of hydrogen-bond donors (Lipinski definition) is 0. The first-order chi connectivity index (χ1) is 11.2. The normalized spacial score (nSPS) is 15.3. The largest absolute Gasteiger partial charge is 0.440 e. The maximum atomic E-state index is 12.5. The molecule has 0 N–H and O–H groups in total. The summed E-state index contributed by atoms with van der Waals surface area (Å²) in [4.78, 5) is 18.9. The molecule has 1 saturated heterocycles. The third-order valence-electron chi connectivity index (χ3n) is 3.77. The third kappa shape index (κ3) is 2.80. The number of thiazole rings is 1. The zero-order chi connectivity index (χ0) is 15.8. The van der Waals surface area contributed by atoms with Crippen LogP contribution in [0.15, 0.2) is 43.5 Å². The number of nitrogens with zero attached hydrogens (tertiary/aromatic N) is 2. The van der Waals surface area contributed by atoms with Gasteiger partial charge < -0.3 is 14.1 Å². The molecule has 1 aliphatic rings. The predicted octanol–water partition coefficient (Wildman–Crippen LogP) is 3.52. The van der Waals surface area contributed by atoms with Gasteiger partial charge in [-0.3, -0.25) is 4.79 Å². The SMILES string of the molecule is O=c1cc(N2CCOCC2)oc2c(-c3ncc(Br)s3)cccc12. The molecule has 0 radical (unpaired) electrons. The van der Waals surface area contributed by atoms with Crippen molar-refractivity contribution in [3.8, 4) is 10.6 Å². The van der Waals surface area contributed by atoms with Crippen molar-refractivity contribution in [2.24, 2.45) is 0 Å². The van der Waals surface area contributed by atoms with Crippen LogP contribution in [0.2, 0.25) is 0 Å². The molecule has 1 fully saturated rings. The van der Waals surface area contributed by atoms with E-state index in [9.17, 15) is 4.79 Å². The van der Waals surface area contributed by atoms with Crippen LogP contribution >= 0.6 is 27.3 Å². The van der Waals surface area contributed by atoms with E-state index in [4.69, 9.17) is 9.15 Å². The number of benzene rings is 1. The Kier molecular flexibility index (Phi) is 3.92. The highest BCUT2D eigenvalue weighted by atomic mass is 79.9. The second-order valence-corrected chi connectivity index (χ2v) is 7.61. The lowest BCUT2D eigenvalue weighted by molar-refractivity contribution is 0.121. The Hall–Kier alpha value is -1.70. The second kappa shape index (κ2) is 6.07. The minimum atomic E-state index is -0.0368. The second-order valence-electron chi connectivity index (χ2n) is 5.20. The molecule has 5 nitrogen and oxygen atoms in total. The molecule has 0 atom stereocenters. The molecule has 1 aromatic carbocycles. The number of aromatic nitrogens is 1. The van der Waals surface area contributed by atoms with Crippen molar-refractivity contribution >= 4 is 44.1 Å². The van der Waals surface area contributed by atoms with Crippen LogP contribution in [0.1, 0.15) is 0 Å². The van der Waals surface area contributed by atoms with E-state index >= 15 is 0 Å². The first kappa shape index (κ1) is 14.9.